The highest BCUT2D eigenvalue weighted by Crippen LogP contribution is 2.47. The number of carboxylic acid groups (broad SMARTS) is 1. The van der Waals surface area contributed by atoms with Crippen molar-refractivity contribution in [2.24, 2.45) is 5.92 Å². The van der Waals surface area contributed by atoms with Crippen molar-refractivity contribution >= 4 is 50.3 Å². The minimum absolute atomic E-state index is 0.112. The van der Waals surface area contributed by atoms with E-state index in [1.54, 1.807) is 17.5 Å². The highest BCUT2D eigenvalue weighted by atomic mass is 32.3. The number of hydrogen-bond acceptors (Lipinski definition) is 8. The van der Waals surface area contributed by atoms with E-state index >= 15 is 0 Å². The maximum absolute atomic E-state index is 13.5. The molecule has 2 aromatic rings. The molecule has 156 valence electrons. The van der Waals surface area contributed by atoms with Gasteiger partial charge in [-0.1, -0.05) is 30.0 Å². The Balaban J connectivity index is 1.71. The fraction of sp³-hybridized carbons (Fsp3) is 0.421. The second kappa shape index (κ2) is 8.17. The predicted octanol–water partition coefficient (Wildman–Crippen LogP) is 3.25. The second-order valence-electron chi connectivity index (χ2n) is 7.26. The Morgan fingerprint density at radius 3 is 2.52 bits per heavy atom. The molecule has 0 saturated carbocycles. The minimum Gasteiger partial charge on any atom is -0.481 e. The number of aliphatic carboxylic acids is 1. The first kappa shape index (κ1) is 20.5. The zero-order valence-corrected chi connectivity index (χ0v) is 18.1. The van der Waals surface area contributed by atoms with Crippen molar-refractivity contribution < 1.29 is 18.3 Å². The Hall–Kier alpha value is -1.75. The van der Waals surface area contributed by atoms with Crippen LogP contribution >= 0.6 is 23.1 Å². The van der Waals surface area contributed by atoms with Crippen molar-refractivity contribution in [3.05, 3.63) is 41.8 Å². The van der Waals surface area contributed by atoms with E-state index in [1.165, 1.54) is 23.1 Å². The van der Waals surface area contributed by atoms with Gasteiger partial charge in [0.15, 0.2) is 14.8 Å². The molecule has 2 atom stereocenters. The van der Waals surface area contributed by atoms with Crippen LogP contribution in [0.15, 0.2) is 46.0 Å². The number of thiophene rings is 1. The molecule has 29 heavy (non-hydrogen) atoms. The van der Waals surface area contributed by atoms with Gasteiger partial charge in [-0.25, -0.2) is 8.42 Å². The number of fused-ring (bicyclic) bond motifs is 1. The normalized spacial score (nSPS) is 21.6. The molecule has 1 fully saturated rings. The zero-order valence-electron chi connectivity index (χ0n) is 15.6. The fourth-order valence-corrected chi connectivity index (χ4v) is 9.39. The Labute approximate surface area is 178 Å². The van der Waals surface area contributed by atoms with Crippen LogP contribution in [0.5, 0.6) is 0 Å². The number of benzene rings is 1. The summed E-state index contributed by atoms with van der Waals surface area (Å²) in [6, 6.07) is 10.8. The molecule has 0 bridgehead atoms. The van der Waals surface area contributed by atoms with E-state index in [2.05, 4.69) is 16.0 Å². The monoisotopic (exact) mass is 453 g/mol. The molecule has 1 aromatic heterocycles. The number of para-hydroxylation sites is 2. The van der Waals surface area contributed by atoms with E-state index in [1.807, 2.05) is 24.3 Å². The van der Waals surface area contributed by atoms with E-state index in [4.69, 9.17) is 0 Å². The molecule has 2 aliphatic rings. The van der Waals surface area contributed by atoms with Gasteiger partial charge >= 0.3 is 5.97 Å². The van der Waals surface area contributed by atoms with Crippen LogP contribution < -0.4 is 16.0 Å². The standard InChI is InChI=1S/C19H23N3O4S3/c23-16(24)11-19(21-14-6-1-2-7-15(14)22-19)28-18(13-5-3-9-20-12-13)29(25,26)17-8-4-10-27-17/h1-2,4,6-8,10,13,18,20-22H,3,5,9,11-12H2,(H,23,24). The molecular formula is C19H23N3O4S3. The number of piperidine rings is 1. The summed E-state index contributed by atoms with van der Waals surface area (Å²) in [5.41, 5.74) is 1.55. The van der Waals surface area contributed by atoms with Crippen LogP contribution in [0.4, 0.5) is 11.4 Å². The van der Waals surface area contributed by atoms with Crippen LogP contribution in [-0.2, 0) is 14.6 Å². The number of nitrogens with one attached hydrogen (secondary N) is 3. The lowest BCUT2D eigenvalue weighted by molar-refractivity contribution is -0.137. The number of carbonyl (C=O) groups is 1. The van der Waals surface area contributed by atoms with Crippen molar-refractivity contribution in [1.82, 2.24) is 5.32 Å². The largest absolute Gasteiger partial charge is 0.481 e. The summed E-state index contributed by atoms with van der Waals surface area (Å²) in [6.07, 6.45) is 1.42. The van der Waals surface area contributed by atoms with Gasteiger partial charge in [-0.3, -0.25) is 4.79 Å². The summed E-state index contributed by atoms with van der Waals surface area (Å²) in [5, 5.41) is 21.1. The number of anilines is 2. The molecule has 0 radical (unpaired) electrons. The Bertz CT molecular complexity index is 947. The molecule has 4 rings (SSSR count). The summed E-state index contributed by atoms with van der Waals surface area (Å²) < 4.78 is 26.6. The maximum Gasteiger partial charge on any atom is 0.308 e. The van der Waals surface area contributed by atoms with E-state index < -0.39 is 25.4 Å². The molecule has 2 unspecified atom stereocenters. The molecule has 10 heteroatoms. The lowest BCUT2D eigenvalue weighted by Gasteiger charge is -2.36. The molecule has 0 aliphatic carbocycles. The topological polar surface area (TPSA) is 108 Å². The molecule has 1 saturated heterocycles. The van der Waals surface area contributed by atoms with Gasteiger partial charge in [0.25, 0.3) is 0 Å². The van der Waals surface area contributed by atoms with Crippen LogP contribution in [0.25, 0.3) is 0 Å². The Kier molecular flexibility index (Phi) is 5.78. The third-order valence-electron chi connectivity index (χ3n) is 5.12. The SMILES string of the molecule is O=C(O)CC1(SC(C2CCCNC2)S(=O)(=O)c2cccs2)Nc2ccccc2N1. The number of thioether (sulfide) groups is 1. The average Bonchev–Trinajstić information content (AvgIpc) is 3.34. The average molecular weight is 454 g/mol. The fourth-order valence-electron chi connectivity index (χ4n) is 3.83. The van der Waals surface area contributed by atoms with Crippen LogP contribution in [0.2, 0.25) is 0 Å². The van der Waals surface area contributed by atoms with Gasteiger partial charge in [0.2, 0.25) is 0 Å². The summed E-state index contributed by atoms with van der Waals surface area (Å²) >= 11 is 2.37. The maximum atomic E-state index is 13.5. The van der Waals surface area contributed by atoms with E-state index in [-0.39, 0.29) is 12.3 Å². The molecule has 2 aliphatic heterocycles. The van der Waals surface area contributed by atoms with Crippen LogP contribution in [-0.4, -0.2) is 42.2 Å². The third-order valence-corrected chi connectivity index (χ3v) is 10.9. The first-order valence-electron chi connectivity index (χ1n) is 9.43. The van der Waals surface area contributed by atoms with Gasteiger partial charge in [0, 0.05) is 6.54 Å². The predicted molar refractivity (Wildman–Crippen MR) is 117 cm³/mol. The van der Waals surface area contributed by atoms with Crippen molar-refractivity contribution in [2.75, 3.05) is 23.7 Å². The molecule has 7 nitrogen and oxygen atoms in total. The number of carboxylic acids is 1. The smallest absolute Gasteiger partial charge is 0.308 e. The minimum atomic E-state index is -3.64. The molecule has 0 amide bonds. The number of hydrogen-bond donors (Lipinski definition) is 4. The van der Waals surface area contributed by atoms with Crippen LogP contribution in [0.1, 0.15) is 19.3 Å². The Morgan fingerprint density at radius 2 is 1.97 bits per heavy atom. The highest BCUT2D eigenvalue weighted by Gasteiger charge is 2.47. The van der Waals surface area contributed by atoms with Gasteiger partial charge < -0.3 is 21.1 Å². The lowest BCUT2D eigenvalue weighted by Crippen LogP contribution is -2.47. The summed E-state index contributed by atoms with van der Waals surface area (Å²) in [6.45, 7) is 1.47. The first-order chi connectivity index (χ1) is 13.9. The number of rotatable bonds is 7. The zero-order chi connectivity index (χ0) is 20.5. The molecule has 3 heterocycles. The number of sulfone groups is 1. The summed E-state index contributed by atoms with van der Waals surface area (Å²) in [7, 11) is -3.64. The van der Waals surface area contributed by atoms with E-state index in [9.17, 15) is 18.3 Å². The van der Waals surface area contributed by atoms with Gasteiger partial charge in [0.1, 0.15) is 8.79 Å². The summed E-state index contributed by atoms with van der Waals surface area (Å²) in [4.78, 5) is 10.6. The van der Waals surface area contributed by atoms with E-state index in [0.717, 1.165) is 30.8 Å². The van der Waals surface area contributed by atoms with Crippen molar-refractivity contribution in [1.29, 1.82) is 0 Å². The first-order valence-corrected chi connectivity index (χ1v) is 12.7. The van der Waals surface area contributed by atoms with Crippen LogP contribution in [0, 0.1) is 5.92 Å². The van der Waals surface area contributed by atoms with Gasteiger partial charge in [-0.15, -0.1) is 11.3 Å². The summed E-state index contributed by atoms with van der Waals surface area (Å²) in [5.74, 6) is -1.11. The van der Waals surface area contributed by atoms with Crippen molar-refractivity contribution in [3.8, 4) is 0 Å². The van der Waals surface area contributed by atoms with Gasteiger partial charge in [0.05, 0.1) is 17.8 Å². The molecule has 4 N–H and O–H groups in total. The molecule has 1 aromatic carbocycles. The molecular weight excluding hydrogens is 430 g/mol. The lowest BCUT2D eigenvalue weighted by atomic mass is 10.0. The van der Waals surface area contributed by atoms with Crippen molar-refractivity contribution in [2.45, 2.75) is 33.0 Å². The van der Waals surface area contributed by atoms with Gasteiger partial charge in [-0.05, 0) is 48.9 Å². The quantitative estimate of drug-likeness (QED) is 0.506. The Morgan fingerprint density at radius 1 is 1.24 bits per heavy atom. The molecule has 0 spiro atoms. The highest BCUT2D eigenvalue weighted by molar-refractivity contribution is 8.14. The second-order valence-corrected chi connectivity index (χ2v) is 12.2. The van der Waals surface area contributed by atoms with Gasteiger partial charge in [-0.2, -0.15) is 0 Å². The third kappa shape index (κ3) is 4.25. The van der Waals surface area contributed by atoms with Crippen molar-refractivity contribution in [3.63, 3.8) is 0 Å². The van der Waals surface area contributed by atoms with Crippen LogP contribution in [0.3, 0.4) is 0 Å². The van der Waals surface area contributed by atoms with E-state index in [0.29, 0.717) is 10.8 Å².